The Morgan fingerprint density at radius 1 is 0.938 bits per heavy atom. The zero-order chi connectivity index (χ0) is 11.4. The Morgan fingerprint density at radius 3 is 1.75 bits per heavy atom. The predicted octanol–water partition coefficient (Wildman–Crippen LogP) is -0.179. The van der Waals surface area contributed by atoms with Gasteiger partial charge in [0.15, 0.2) is 0 Å². The van der Waals surface area contributed by atoms with Gasteiger partial charge in [0, 0.05) is 0 Å². The van der Waals surface area contributed by atoms with E-state index in [1.165, 1.54) is 0 Å². The molecule has 4 heteroatoms. The van der Waals surface area contributed by atoms with Crippen molar-refractivity contribution in [3.8, 4) is 24.7 Å². The maximum atomic E-state index is 5.58. The van der Waals surface area contributed by atoms with Crippen LogP contribution >= 0.6 is 0 Å². The molecule has 2 aliphatic rings. The first kappa shape index (κ1) is 11.4. The first-order valence-corrected chi connectivity index (χ1v) is 5.20. The number of hydrogen-bond donors (Lipinski definition) is 0. The van der Waals surface area contributed by atoms with E-state index >= 15 is 0 Å². The van der Waals surface area contributed by atoms with E-state index in [-0.39, 0.29) is 37.6 Å². The summed E-state index contributed by atoms with van der Waals surface area (Å²) in [6.07, 6.45) is 9.90. The van der Waals surface area contributed by atoms with Crippen LogP contribution in [0.1, 0.15) is 0 Å². The molecule has 86 valence electrons. The van der Waals surface area contributed by atoms with E-state index in [4.69, 9.17) is 31.8 Å². The van der Waals surface area contributed by atoms with Crippen LogP contribution in [0.4, 0.5) is 0 Å². The zero-order valence-electron chi connectivity index (χ0n) is 8.93. The summed E-state index contributed by atoms with van der Waals surface area (Å²) in [5, 5.41) is 0. The molecular weight excluding hydrogens is 208 g/mol. The van der Waals surface area contributed by atoms with Crippen LogP contribution in [0, 0.1) is 24.7 Å². The molecule has 0 aromatic carbocycles. The quantitative estimate of drug-likeness (QED) is 0.618. The fourth-order valence-electron chi connectivity index (χ4n) is 2.03. The summed E-state index contributed by atoms with van der Waals surface area (Å²) in [6.45, 7) is 1.53. The van der Waals surface area contributed by atoms with Crippen LogP contribution in [0.5, 0.6) is 0 Å². The molecule has 0 aromatic rings. The predicted molar refractivity (Wildman–Crippen MR) is 56.6 cm³/mol. The number of ether oxygens (including phenoxy) is 4. The molecule has 2 fully saturated rings. The SMILES string of the molecule is C#CCO[C@H]1COC2C1OC[C@H]2OCC#C. The molecule has 2 unspecified atom stereocenters. The molecule has 0 aliphatic carbocycles. The van der Waals surface area contributed by atoms with Crippen molar-refractivity contribution in [3.05, 3.63) is 0 Å². The largest absolute Gasteiger partial charge is 0.370 e. The lowest BCUT2D eigenvalue weighted by molar-refractivity contribution is -0.0385. The zero-order valence-corrected chi connectivity index (χ0v) is 8.93. The second kappa shape index (κ2) is 5.34. The highest BCUT2D eigenvalue weighted by Crippen LogP contribution is 2.30. The van der Waals surface area contributed by atoms with Crippen LogP contribution in [0.25, 0.3) is 0 Å². The molecule has 16 heavy (non-hydrogen) atoms. The van der Waals surface area contributed by atoms with Crippen molar-refractivity contribution in [1.82, 2.24) is 0 Å². The normalized spacial score (nSPS) is 36.6. The van der Waals surface area contributed by atoms with Crippen molar-refractivity contribution in [1.29, 1.82) is 0 Å². The van der Waals surface area contributed by atoms with Crippen molar-refractivity contribution in [2.24, 2.45) is 0 Å². The van der Waals surface area contributed by atoms with Crippen molar-refractivity contribution >= 4 is 0 Å². The van der Waals surface area contributed by atoms with E-state index in [0.717, 1.165) is 0 Å². The van der Waals surface area contributed by atoms with E-state index < -0.39 is 0 Å². The van der Waals surface area contributed by atoms with E-state index in [0.29, 0.717) is 13.2 Å². The Labute approximate surface area is 95.2 Å². The van der Waals surface area contributed by atoms with Crippen LogP contribution in [-0.2, 0) is 18.9 Å². The van der Waals surface area contributed by atoms with Gasteiger partial charge in [0.2, 0.25) is 0 Å². The standard InChI is InChI=1S/C12H14O4/c1-3-5-13-9-7-15-12-10(14-6-4-2)8-16-11(9)12/h1-2,9-12H,5-8H2/t9-,10+,11?,12?. The van der Waals surface area contributed by atoms with Gasteiger partial charge in [-0.1, -0.05) is 11.8 Å². The van der Waals surface area contributed by atoms with E-state index in [2.05, 4.69) is 11.8 Å². The lowest BCUT2D eigenvalue weighted by Gasteiger charge is -2.15. The average molecular weight is 222 g/mol. The monoisotopic (exact) mass is 222 g/mol. The summed E-state index contributed by atoms with van der Waals surface area (Å²) in [5.74, 6) is 4.86. The molecule has 0 bridgehead atoms. The Balaban J connectivity index is 1.86. The third-order valence-corrected chi connectivity index (χ3v) is 2.72. The first-order valence-electron chi connectivity index (χ1n) is 5.20. The maximum Gasteiger partial charge on any atom is 0.115 e. The molecule has 4 nitrogen and oxygen atoms in total. The van der Waals surface area contributed by atoms with Crippen molar-refractivity contribution in [2.75, 3.05) is 26.4 Å². The van der Waals surface area contributed by atoms with E-state index in [1.54, 1.807) is 0 Å². The number of terminal acetylenes is 2. The van der Waals surface area contributed by atoms with Gasteiger partial charge in [-0.05, 0) is 0 Å². The van der Waals surface area contributed by atoms with Crippen LogP contribution in [-0.4, -0.2) is 50.8 Å². The van der Waals surface area contributed by atoms with Gasteiger partial charge in [-0.2, -0.15) is 0 Å². The number of rotatable bonds is 4. The number of hydrogen-bond acceptors (Lipinski definition) is 4. The molecule has 2 aliphatic heterocycles. The van der Waals surface area contributed by atoms with Crippen molar-refractivity contribution < 1.29 is 18.9 Å². The summed E-state index contributed by atoms with van der Waals surface area (Å²) >= 11 is 0. The highest BCUT2D eigenvalue weighted by atomic mass is 16.6. The highest BCUT2D eigenvalue weighted by molar-refractivity contribution is 4.97. The Hall–Kier alpha value is -1.04. The maximum absolute atomic E-state index is 5.58. The highest BCUT2D eigenvalue weighted by Gasteiger charge is 2.48. The van der Waals surface area contributed by atoms with Gasteiger partial charge in [-0.15, -0.1) is 12.8 Å². The summed E-state index contributed by atoms with van der Waals surface area (Å²) < 4.78 is 22.0. The molecule has 0 spiro atoms. The molecule has 4 atom stereocenters. The molecule has 0 aromatic heterocycles. The van der Waals surface area contributed by atoms with Gasteiger partial charge in [-0.3, -0.25) is 0 Å². The molecule has 0 saturated carbocycles. The molecule has 0 N–H and O–H groups in total. The lowest BCUT2D eigenvalue weighted by Crippen LogP contribution is -2.34. The fourth-order valence-corrected chi connectivity index (χ4v) is 2.03. The molecule has 2 rings (SSSR count). The van der Waals surface area contributed by atoms with E-state index in [1.807, 2.05) is 0 Å². The Kier molecular flexibility index (Phi) is 3.82. The molecular formula is C12H14O4. The molecule has 2 heterocycles. The summed E-state index contributed by atoms with van der Waals surface area (Å²) in [4.78, 5) is 0. The molecule has 2 saturated heterocycles. The van der Waals surface area contributed by atoms with Gasteiger partial charge in [0.1, 0.15) is 37.6 Å². The average Bonchev–Trinajstić information content (AvgIpc) is 2.86. The number of fused-ring (bicyclic) bond motifs is 1. The Morgan fingerprint density at radius 2 is 1.38 bits per heavy atom. The Bertz CT molecular complexity index is 282. The smallest absolute Gasteiger partial charge is 0.115 e. The summed E-state index contributed by atoms with van der Waals surface area (Å²) in [6, 6.07) is 0. The second-order valence-corrected chi connectivity index (χ2v) is 3.70. The van der Waals surface area contributed by atoms with Gasteiger partial charge >= 0.3 is 0 Å². The summed E-state index contributed by atoms with van der Waals surface area (Å²) in [7, 11) is 0. The minimum atomic E-state index is -0.0968. The topological polar surface area (TPSA) is 36.9 Å². The fraction of sp³-hybridized carbons (Fsp3) is 0.667. The van der Waals surface area contributed by atoms with E-state index in [9.17, 15) is 0 Å². The second-order valence-electron chi connectivity index (χ2n) is 3.70. The van der Waals surface area contributed by atoms with Gasteiger partial charge in [0.25, 0.3) is 0 Å². The van der Waals surface area contributed by atoms with Gasteiger partial charge in [-0.25, -0.2) is 0 Å². The van der Waals surface area contributed by atoms with Gasteiger partial charge < -0.3 is 18.9 Å². The van der Waals surface area contributed by atoms with Crippen LogP contribution < -0.4 is 0 Å². The van der Waals surface area contributed by atoms with Crippen molar-refractivity contribution in [3.63, 3.8) is 0 Å². The lowest BCUT2D eigenvalue weighted by atomic mass is 10.1. The summed E-state index contributed by atoms with van der Waals surface area (Å²) in [5.41, 5.74) is 0. The van der Waals surface area contributed by atoms with Gasteiger partial charge in [0.05, 0.1) is 13.2 Å². The molecule has 0 amide bonds. The van der Waals surface area contributed by atoms with Crippen LogP contribution in [0.2, 0.25) is 0 Å². The third-order valence-electron chi connectivity index (χ3n) is 2.72. The van der Waals surface area contributed by atoms with Crippen molar-refractivity contribution in [2.45, 2.75) is 24.4 Å². The van der Waals surface area contributed by atoms with Crippen LogP contribution in [0.15, 0.2) is 0 Å². The first-order chi connectivity index (χ1) is 7.86. The van der Waals surface area contributed by atoms with Crippen LogP contribution in [0.3, 0.4) is 0 Å². The third kappa shape index (κ3) is 2.21. The molecule has 0 radical (unpaired) electrons. The minimum Gasteiger partial charge on any atom is -0.370 e. The minimum absolute atomic E-state index is 0.0869.